The van der Waals surface area contributed by atoms with E-state index in [2.05, 4.69) is 38.8 Å². The van der Waals surface area contributed by atoms with E-state index in [9.17, 15) is 9.59 Å². The molecule has 11 nitrogen and oxygen atoms in total. The van der Waals surface area contributed by atoms with Crippen LogP contribution in [0.4, 0.5) is 10.1 Å². The second-order valence-electron chi connectivity index (χ2n) is 12.8. The van der Waals surface area contributed by atoms with Crippen LogP contribution in [-0.4, -0.2) is 92.1 Å². The predicted octanol–water partition coefficient (Wildman–Crippen LogP) is 5.95. The zero-order valence-corrected chi connectivity index (χ0v) is 31.7. The van der Waals surface area contributed by atoms with Crippen LogP contribution in [-0.2, 0) is 9.59 Å². The van der Waals surface area contributed by atoms with Crippen molar-refractivity contribution in [1.29, 1.82) is 0 Å². The predicted molar refractivity (Wildman–Crippen MR) is 208 cm³/mol. The SMILES string of the molecule is COc1c(Br)cc(C)cc1N1CCN(C=O)CC1.COc1ccccc1-c1cc(C2=CCCN(C(=O)CCN(N)/C=C\N)C2)c(F)c2[nH]c(C)cc12. The molecule has 52 heavy (non-hydrogen) atoms. The number of hydrogen-bond acceptors (Lipinski definition) is 8. The van der Waals surface area contributed by atoms with Crippen molar-refractivity contribution in [2.75, 3.05) is 64.9 Å². The van der Waals surface area contributed by atoms with E-state index in [4.69, 9.17) is 21.1 Å². The monoisotopic (exact) mass is 775 g/mol. The van der Waals surface area contributed by atoms with Gasteiger partial charge in [0.1, 0.15) is 5.75 Å². The summed E-state index contributed by atoms with van der Waals surface area (Å²) in [6.07, 6.45) is 6.67. The Kier molecular flexibility index (Phi) is 12.8. The van der Waals surface area contributed by atoms with Gasteiger partial charge in [0.05, 0.1) is 29.9 Å². The Hall–Kier alpha value is -5.01. The molecule has 3 heterocycles. The number of carbonyl (C=O) groups is 2. The van der Waals surface area contributed by atoms with Crippen molar-refractivity contribution >= 4 is 50.4 Å². The molecule has 13 heteroatoms. The molecule has 0 unspecified atom stereocenters. The van der Waals surface area contributed by atoms with Crippen LogP contribution in [0.15, 0.2) is 71.5 Å². The molecule has 2 aliphatic rings. The zero-order chi connectivity index (χ0) is 37.4. The number of aromatic nitrogens is 1. The van der Waals surface area contributed by atoms with E-state index < -0.39 is 0 Å². The van der Waals surface area contributed by atoms with Crippen molar-refractivity contribution in [1.82, 2.24) is 19.8 Å². The minimum atomic E-state index is -0.316. The number of benzene rings is 3. The molecule has 0 saturated carbocycles. The molecule has 276 valence electrons. The van der Waals surface area contributed by atoms with E-state index in [1.165, 1.54) is 23.0 Å². The smallest absolute Gasteiger partial charge is 0.224 e. The van der Waals surface area contributed by atoms with Crippen LogP contribution in [0, 0.1) is 19.7 Å². The summed E-state index contributed by atoms with van der Waals surface area (Å²) in [6.45, 7) is 8.45. The number of ether oxygens (including phenoxy) is 2. The van der Waals surface area contributed by atoms with Crippen molar-refractivity contribution in [2.24, 2.45) is 11.6 Å². The summed E-state index contributed by atoms with van der Waals surface area (Å²) in [5, 5.41) is 2.17. The Morgan fingerprint density at radius 3 is 2.46 bits per heavy atom. The van der Waals surface area contributed by atoms with Crippen LogP contribution in [0.25, 0.3) is 27.6 Å². The number of nitrogens with zero attached hydrogens (tertiary/aromatic N) is 4. The first-order valence-electron chi connectivity index (χ1n) is 17.2. The van der Waals surface area contributed by atoms with Crippen LogP contribution in [0.1, 0.15) is 29.7 Å². The van der Waals surface area contributed by atoms with Gasteiger partial charge in [0.25, 0.3) is 0 Å². The van der Waals surface area contributed by atoms with Gasteiger partial charge in [0, 0.05) is 86.8 Å². The van der Waals surface area contributed by atoms with Gasteiger partial charge >= 0.3 is 0 Å². The zero-order valence-electron chi connectivity index (χ0n) is 30.1. The van der Waals surface area contributed by atoms with E-state index in [-0.39, 0.29) is 18.1 Å². The number of hydrogen-bond donors (Lipinski definition) is 3. The number of carbonyl (C=O) groups excluding carboxylic acids is 2. The fourth-order valence-corrected chi connectivity index (χ4v) is 7.38. The lowest BCUT2D eigenvalue weighted by Crippen LogP contribution is -2.45. The summed E-state index contributed by atoms with van der Waals surface area (Å²) < 4.78 is 27.8. The Balaban J connectivity index is 0.000000244. The van der Waals surface area contributed by atoms with E-state index in [1.807, 2.05) is 55.5 Å². The van der Waals surface area contributed by atoms with Crippen molar-refractivity contribution < 1.29 is 23.5 Å². The number of aryl methyl sites for hydroxylation is 2. The molecular formula is C39H47BrFN7O4. The van der Waals surface area contributed by atoms with Crippen LogP contribution in [0.3, 0.4) is 0 Å². The molecule has 1 fully saturated rings. The highest BCUT2D eigenvalue weighted by molar-refractivity contribution is 9.10. The number of halogens is 2. The minimum Gasteiger partial charge on any atom is -0.496 e. The van der Waals surface area contributed by atoms with Crippen molar-refractivity contribution in [2.45, 2.75) is 26.7 Å². The number of fused-ring (bicyclic) bond motifs is 1. The molecule has 0 atom stereocenters. The molecule has 0 radical (unpaired) electrons. The number of para-hydroxylation sites is 1. The Labute approximate surface area is 312 Å². The van der Waals surface area contributed by atoms with Crippen LogP contribution >= 0.6 is 15.9 Å². The van der Waals surface area contributed by atoms with Gasteiger partial charge in [-0.25, -0.2) is 10.2 Å². The lowest BCUT2D eigenvalue weighted by molar-refractivity contribution is -0.131. The van der Waals surface area contributed by atoms with Crippen molar-refractivity contribution in [3.8, 4) is 22.6 Å². The molecule has 0 spiro atoms. The number of hydrazine groups is 1. The summed E-state index contributed by atoms with van der Waals surface area (Å²) >= 11 is 3.53. The largest absolute Gasteiger partial charge is 0.496 e. The third kappa shape index (κ3) is 8.71. The molecule has 1 aromatic heterocycles. The Morgan fingerprint density at radius 1 is 1.02 bits per heavy atom. The standard InChI is InChI=1S/C26H30FN5O2.C13H17BrN2O2/c1-17-14-22-21(19-7-3-4-8-23(19)34-2)15-20(25(27)26(22)30-17)18-6-5-11-31(16-18)24(33)9-12-32(29)13-10-28;1-10-7-11(14)13(18-2)12(8-10)16-5-3-15(9-17)4-6-16/h3-4,6-8,10,13-15,30H,5,9,11-12,16,28-29H2,1-2H3;7-9H,3-6H2,1-2H3/b13-10-;. The lowest BCUT2D eigenvalue weighted by Gasteiger charge is -2.35. The topological polar surface area (TPSA) is 133 Å². The number of aromatic amines is 1. The molecule has 4 aromatic rings. The number of amides is 2. The maximum Gasteiger partial charge on any atom is 0.224 e. The van der Waals surface area contributed by atoms with Gasteiger partial charge in [-0.3, -0.25) is 9.59 Å². The number of nitrogens with two attached hydrogens (primary N) is 2. The van der Waals surface area contributed by atoms with Gasteiger partial charge in [-0.15, -0.1) is 0 Å². The average molecular weight is 777 g/mol. The molecule has 0 bridgehead atoms. The fraction of sp³-hybridized carbons (Fsp3) is 0.333. The highest BCUT2D eigenvalue weighted by Crippen LogP contribution is 2.40. The summed E-state index contributed by atoms with van der Waals surface area (Å²) in [4.78, 5) is 32.5. The van der Waals surface area contributed by atoms with E-state index >= 15 is 4.39 Å². The summed E-state index contributed by atoms with van der Waals surface area (Å²) in [6, 6.07) is 15.7. The number of anilines is 1. The van der Waals surface area contributed by atoms with Gasteiger partial charge in [-0.05, 0) is 83.2 Å². The number of rotatable bonds is 10. The molecule has 6 rings (SSSR count). The minimum absolute atomic E-state index is 0.0337. The summed E-state index contributed by atoms with van der Waals surface area (Å²) in [5.41, 5.74) is 12.0. The summed E-state index contributed by atoms with van der Waals surface area (Å²) in [5.74, 6) is 7.00. The highest BCUT2D eigenvalue weighted by Gasteiger charge is 2.25. The molecule has 2 aliphatic heterocycles. The first-order chi connectivity index (χ1) is 25.1. The lowest BCUT2D eigenvalue weighted by atomic mass is 9.93. The molecule has 0 aliphatic carbocycles. The number of piperazine rings is 1. The van der Waals surface area contributed by atoms with Crippen LogP contribution in [0.2, 0.25) is 0 Å². The quantitative estimate of drug-likeness (QED) is 0.102. The van der Waals surface area contributed by atoms with Crippen molar-refractivity contribution in [3.63, 3.8) is 0 Å². The van der Waals surface area contributed by atoms with Gasteiger partial charge in [-0.2, -0.15) is 0 Å². The summed E-state index contributed by atoms with van der Waals surface area (Å²) in [7, 11) is 3.31. The van der Waals surface area contributed by atoms with Crippen LogP contribution < -0.4 is 25.9 Å². The van der Waals surface area contributed by atoms with E-state index in [1.54, 1.807) is 24.0 Å². The van der Waals surface area contributed by atoms with Gasteiger partial charge in [0.15, 0.2) is 11.6 Å². The van der Waals surface area contributed by atoms with E-state index in [0.29, 0.717) is 42.9 Å². The number of methoxy groups -OCH3 is 2. The third-order valence-electron chi connectivity index (χ3n) is 9.27. The molecule has 1 saturated heterocycles. The third-order valence-corrected chi connectivity index (χ3v) is 9.86. The molecule has 2 amide bonds. The fourth-order valence-electron chi connectivity index (χ4n) is 6.65. The molecule has 5 N–H and O–H groups in total. The first kappa shape index (κ1) is 38.2. The maximum absolute atomic E-state index is 15.8. The average Bonchev–Trinajstić information content (AvgIpc) is 3.56. The number of nitrogens with one attached hydrogen (secondary N) is 1. The second kappa shape index (κ2) is 17.5. The van der Waals surface area contributed by atoms with Gasteiger partial charge < -0.3 is 39.9 Å². The Bertz CT molecular complexity index is 1950. The van der Waals surface area contributed by atoms with E-state index in [0.717, 1.165) is 76.3 Å². The maximum atomic E-state index is 15.8. The highest BCUT2D eigenvalue weighted by atomic mass is 79.9. The number of H-pyrrole nitrogens is 1. The van der Waals surface area contributed by atoms with Crippen LogP contribution in [0.5, 0.6) is 11.5 Å². The first-order valence-corrected chi connectivity index (χ1v) is 18.0. The molecule has 3 aromatic carbocycles. The normalized spacial score (nSPS) is 14.6. The van der Waals surface area contributed by atoms with Gasteiger partial charge in [-0.1, -0.05) is 24.3 Å². The van der Waals surface area contributed by atoms with Crippen molar-refractivity contribution in [3.05, 3.63) is 94.1 Å². The molecular weight excluding hydrogens is 729 g/mol. The second-order valence-corrected chi connectivity index (χ2v) is 13.7. The van der Waals surface area contributed by atoms with Gasteiger partial charge in [0.2, 0.25) is 12.3 Å². The Morgan fingerprint density at radius 2 is 1.77 bits per heavy atom.